The molecule has 0 spiro atoms. The lowest BCUT2D eigenvalue weighted by Crippen LogP contribution is -2.33. The molecule has 0 aliphatic carbocycles. The summed E-state index contributed by atoms with van der Waals surface area (Å²) in [5.41, 5.74) is 2.11. The summed E-state index contributed by atoms with van der Waals surface area (Å²) in [4.78, 5) is 6.86. The molecule has 0 bridgehead atoms. The van der Waals surface area contributed by atoms with Crippen molar-refractivity contribution in [1.29, 1.82) is 0 Å². The fourth-order valence-electron chi connectivity index (χ4n) is 3.83. The Hall–Kier alpha value is -2.80. The van der Waals surface area contributed by atoms with E-state index >= 15 is 0 Å². The zero-order valence-corrected chi connectivity index (χ0v) is 17.0. The van der Waals surface area contributed by atoms with Crippen molar-refractivity contribution >= 4 is 0 Å². The second-order valence-corrected chi connectivity index (χ2v) is 7.50. The number of benzene rings is 1. The standard InChI is InChI=1S/C22H27N3O4/c1-26-19-11-17(12-20(13-19)27-2)4-3-16-5-8-25(9-6-16)14-21-23-22(24-29-21)18-7-10-28-15-18/h7,10-13,15-16H,3-6,8-9,14H2,1-2H3. The molecule has 1 aliphatic rings. The van der Waals surface area contributed by atoms with Crippen LogP contribution in [0.3, 0.4) is 0 Å². The summed E-state index contributed by atoms with van der Waals surface area (Å²) < 4.78 is 21.2. The maximum absolute atomic E-state index is 5.40. The number of piperidine rings is 1. The fourth-order valence-corrected chi connectivity index (χ4v) is 3.83. The molecule has 29 heavy (non-hydrogen) atoms. The van der Waals surface area contributed by atoms with Gasteiger partial charge in [0.2, 0.25) is 11.7 Å². The first kappa shape index (κ1) is 19.5. The lowest BCUT2D eigenvalue weighted by Gasteiger charge is -2.31. The van der Waals surface area contributed by atoms with Crippen LogP contribution in [0.5, 0.6) is 11.5 Å². The fraction of sp³-hybridized carbons (Fsp3) is 0.455. The van der Waals surface area contributed by atoms with E-state index in [1.54, 1.807) is 26.7 Å². The smallest absolute Gasteiger partial charge is 0.241 e. The van der Waals surface area contributed by atoms with Gasteiger partial charge in [0, 0.05) is 6.07 Å². The van der Waals surface area contributed by atoms with Gasteiger partial charge in [0.25, 0.3) is 0 Å². The normalized spacial score (nSPS) is 15.5. The number of rotatable bonds is 8. The topological polar surface area (TPSA) is 73.8 Å². The van der Waals surface area contributed by atoms with Gasteiger partial charge in [-0.2, -0.15) is 4.98 Å². The van der Waals surface area contributed by atoms with Crippen LogP contribution in [-0.4, -0.2) is 42.3 Å². The van der Waals surface area contributed by atoms with E-state index in [2.05, 4.69) is 27.2 Å². The van der Waals surface area contributed by atoms with E-state index in [4.69, 9.17) is 18.4 Å². The number of furan rings is 1. The molecule has 2 aromatic heterocycles. The van der Waals surface area contributed by atoms with Crippen molar-refractivity contribution in [2.24, 2.45) is 5.92 Å². The zero-order chi connectivity index (χ0) is 20.1. The number of aryl methyl sites for hydroxylation is 1. The molecule has 0 unspecified atom stereocenters. The molecule has 0 N–H and O–H groups in total. The van der Waals surface area contributed by atoms with Gasteiger partial charge in [0.15, 0.2) is 0 Å². The largest absolute Gasteiger partial charge is 0.497 e. The number of ether oxygens (including phenoxy) is 2. The van der Waals surface area contributed by atoms with Crippen LogP contribution in [-0.2, 0) is 13.0 Å². The average molecular weight is 397 g/mol. The predicted octanol–water partition coefficient (Wildman–Crippen LogP) is 4.19. The highest BCUT2D eigenvalue weighted by Crippen LogP contribution is 2.27. The Kier molecular flexibility index (Phi) is 6.14. The minimum Gasteiger partial charge on any atom is -0.497 e. The summed E-state index contributed by atoms with van der Waals surface area (Å²) in [6, 6.07) is 7.95. The minimum absolute atomic E-state index is 0.581. The Morgan fingerprint density at radius 2 is 1.86 bits per heavy atom. The molecule has 4 rings (SSSR count). The van der Waals surface area contributed by atoms with E-state index < -0.39 is 0 Å². The lowest BCUT2D eigenvalue weighted by molar-refractivity contribution is 0.155. The van der Waals surface area contributed by atoms with Crippen LogP contribution in [0, 0.1) is 5.92 Å². The molecule has 7 heteroatoms. The summed E-state index contributed by atoms with van der Waals surface area (Å²) in [5, 5.41) is 4.04. The molecule has 0 amide bonds. The van der Waals surface area contributed by atoms with Crippen LogP contribution in [0.1, 0.15) is 30.7 Å². The van der Waals surface area contributed by atoms with E-state index in [0.29, 0.717) is 18.3 Å². The van der Waals surface area contributed by atoms with Gasteiger partial charge >= 0.3 is 0 Å². The third-order valence-electron chi connectivity index (χ3n) is 5.57. The first-order chi connectivity index (χ1) is 14.2. The lowest BCUT2D eigenvalue weighted by atomic mass is 9.90. The van der Waals surface area contributed by atoms with Crippen molar-refractivity contribution in [3.63, 3.8) is 0 Å². The highest BCUT2D eigenvalue weighted by atomic mass is 16.5. The molecule has 0 radical (unpaired) electrons. The van der Waals surface area contributed by atoms with Gasteiger partial charge in [-0.1, -0.05) is 5.16 Å². The summed E-state index contributed by atoms with van der Waals surface area (Å²) >= 11 is 0. The van der Waals surface area contributed by atoms with Gasteiger partial charge in [0.1, 0.15) is 17.8 Å². The Labute approximate surface area is 170 Å². The number of hydrogen-bond acceptors (Lipinski definition) is 7. The van der Waals surface area contributed by atoms with E-state index in [-0.39, 0.29) is 0 Å². The highest BCUT2D eigenvalue weighted by Gasteiger charge is 2.21. The average Bonchev–Trinajstić information content (AvgIpc) is 3.45. The zero-order valence-electron chi connectivity index (χ0n) is 17.0. The molecule has 1 aliphatic heterocycles. The van der Waals surface area contributed by atoms with Gasteiger partial charge in [0.05, 0.1) is 32.6 Å². The number of aromatic nitrogens is 2. The molecule has 1 fully saturated rings. The molecule has 3 heterocycles. The Morgan fingerprint density at radius 1 is 1.10 bits per heavy atom. The molecule has 1 aromatic carbocycles. The molecule has 0 saturated carbocycles. The third kappa shape index (κ3) is 4.98. The summed E-state index contributed by atoms with van der Waals surface area (Å²) in [6.07, 6.45) is 7.81. The van der Waals surface area contributed by atoms with Crippen LogP contribution < -0.4 is 9.47 Å². The second kappa shape index (κ2) is 9.13. The maximum atomic E-state index is 5.40. The highest BCUT2D eigenvalue weighted by molar-refractivity contribution is 5.51. The summed E-state index contributed by atoms with van der Waals surface area (Å²) in [5.74, 6) is 3.67. The number of hydrogen-bond donors (Lipinski definition) is 0. The second-order valence-electron chi connectivity index (χ2n) is 7.50. The predicted molar refractivity (Wildman–Crippen MR) is 108 cm³/mol. The summed E-state index contributed by atoms with van der Waals surface area (Å²) in [7, 11) is 3.38. The van der Waals surface area contributed by atoms with Crippen LogP contribution in [0.15, 0.2) is 45.7 Å². The minimum atomic E-state index is 0.581. The molecule has 154 valence electrons. The van der Waals surface area contributed by atoms with Gasteiger partial charge in [-0.05, 0) is 68.5 Å². The van der Waals surface area contributed by atoms with Crippen molar-refractivity contribution in [1.82, 2.24) is 15.0 Å². The number of likely N-dealkylation sites (tertiary alicyclic amines) is 1. The van der Waals surface area contributed by atoms with Crippen LogP contribution in [0.4, 0.5) is 0 Å². The quantitative estimate of drug-likeness (QED) is 0.564. The van der Waals surface area contributed by atoms with Crippen molar-refractivity contribution in [2.45, 2.75) is 32.2 Å². The SMILES string of the molecule is COc1cc(CCC2CCN(Cc3nc(-c4ccoc4)no3)CC2)cc(OC)c1. The van der Waals surface area contributed by atoms with Crippen molar-refractivity contribution in [3.05, 3.63) is 48.2 Å². The third-order valence-corrected chi connectivity index (χ3v) is 5.57. The Balaban J connectivity index is 1.25. The Morgan fingerprint density at radius 3 is 2.52 bits per heavy atom. The van der Waals surface area contributed by atoms with Crippen molar-refractivity contribution in [2.75, 3.05) is 27.3 Å². The van der Waals surface area contributed by atoms with Gasteiger partial charge in [-0.3, -0.25) is 4.90 Å². The van der Waals surface area contributed by atoms with E-state index in [9.17, 15) is 0 Å². The Bertz CT molecular complexity index is 876. The van der Waals surface area contributed by atoms with Gasteiger partial charge in [-0.25, -0.2) is 0 Å². The molecule has 3 aromatic rings. The molecule has 0 atom stereocenters. The monoisotopic (exact) mass is 397 g/mol. The molecular weight excluding hydrogens is 370 g/mol. The van der Waals surface area contributed by atoms with E-state index in [1.165, 1.54) is 24.8 Å². The first-order valence-electron chi connectivity index (χ1n) is 10.0. The number of nitrogens with zero attached hydrogens (tertiary/aromatic N) is 3. The summed E-state index contributed by atoms with van der Waals surface area (Å²) in [6.45, 7) is 2.80. The first-order valence-corrected chi connectivity index (χ1v) is 10.0. The van der Waals surface area contributed by atoms with E-state index in [0.717, 1.165) is 42.5 Å². The van der Waals surface area contributed by atoms with E-state index in [1.807, 2.05) is 12.1 Å². The molecular formula is C22H27N3O4. The van der Waals surface area contributed by atoms with Crippen LogP contribution >= 0.6 is 0 Å². The van der Waals surface area contributed by atoms with Crippen molar-refractivity contribution < 1.29 is 18.4 Å². The number of methoxy groups -OCH3 is 2. The molecule has 1 saturated heterocycles. The van der Waals surface area contributed by atoms with Gasteiger partial charge < -0.3 is 18.4 Å². The van der Waals surface area contributed by atoms with Crippen LogP contribution in [0.2, 0.25) is 0 Å². The van der Waals surface area contributed by atoms with Gasteiger partial charge in [-0.15, -0.1) is 0 Å². The van der Waals surface area contributed by atoms with Crippen molar-refractivity contribution in [3.8, 4) is 22.9 Å². The van der Waals surface area contributed by atoms with Crippen LogP contribution in [0.25, 0.3) is 11.4 Å². The maximum Gasteiger partial charge on any atom is 0.241 e. The molecule has 7 nitrogen and oxygen atoms in total.